The van der Waals surface area contributed by atoms with E-state index in [0.717, 1.165) is 39.3 Å². The Morgan fingerprint density at radius 2 is 1.88 bits per heavy atom. The number of halogens is 1. The molecule has 142 valence electrons. The molecule has 0 aromatic carbocycles. The van der Waals surface area contributed by atoms with Gasteiger partial charge in [-0.05, 0) is 27.2 Å². The fraction of sp³-hybridized carbons (Fsp3) is 0.867. The number of amides is 1. The van der Waals surface area contributed by atoms with Crippen LogP contribution in [-0.2, 0) is 9.47 Å². The number of alkyl carbamates (subject to hydrolysis) is 1. The lowest BCUT2D eigenvalue weighted by molar-refractivity contribution is 0.0377. The van der Waals surface area contributed by atoms with Gasteiger partial charge in [0.2, 0.25) is 0 Å². The lowest BCUT2D eigenvalue weighted by atomic mass is 10.2. The molecule has 0 spiro atoms. The minimum absolute atomic E-state index is 0. The summed E-state index contributed by atoms with van der Waals surface area (Å²) in [6.45, 7) is 11.7. The summed E-state index contributed by atoms with van der Waals surface area (Å²) in [7, 11) is 0. The Morgan fingerprint density at radius 1 is 1.25 bits per heavy atom. The molecule has 0 radical (unpaired) electrons. The van der Waals surface area contributed by atoms with Crippen molar-refractivity contribution >= 4 is 36.0 Å². The number of rotatable bonds is 7. The molecular formula is C15H32IN5O3. The largest absolute Gasteiger partial charge is 0.444 e. The average Bonchev–Trinajstić information content (AvgIpc) is 2.47. The van der Waals surface area contributed by atoms with Gasteiger partial charge in [0.25, 0.3) is 0 Å². The molecule has 1 saturated heterocycles. The highest BCUT2D eigenvalue weighted by atomic mass is 127. The molecule has 0 aromatic rings. The number of guanidine groups is 1. The van der Waals surface area contributed by atoms with Crippen molar-refractivity contribution in [2.24, 2.45) is 10.7 Å². The highest BCUT2D eigenvalue weighted by molar-refractivity contribution is 14.0. The Hall–Kier alpha value is -0.810. The van der Waals surface area contributed by atoms with E-state index in [2.05, 4.69) is 20.5 Å². The van der Waals surface area contributed by atoms with Crippen LogP contribution < -0.4 is 16.4 Å². The summed E-state index contributed by atoms with van der Waals surface area (Å²) in [5.74, 6) is 0.401. The van der Waals surface area contributed by atoms with Crippen molar-refractivity contribution in [3.05, 3.63) is 0 Å². The second kappa shape index (κ2) is 12.5. The summed E-state index contributed by atoms with van der Waals surface area (Å²) >= 11 is 0. The van der Waals surface area contributed by atoms with Crippen molar-refractivity contribution in [1.82, 2.24) is 15.5 Å². The molecule has 1 amide bonds. The third-order valence-corrected chi connectivity index (χ3v) is 3.12. The standard InChI is InChI=1S/C15H31N5O3.HI/c1-15(2,3)23-14(21)19-7-6-18-13(16)17-5-4-8-20-9-11-22-12-10-20;/h4-12H2,1-3H3,(H,19,21)(H3,16,17,18);1H. The Balaban J connectivity index is 0.00000529. The van der Waals surface area contributed by atoms with Gasteiger partial charge in [-0.15, -0.1) is 24.0 Å². The monoisotopic (exact) mass is 457 g/mol. The topological polar surface area (TPSA) is 101 Å². The second-order valence-electron chi connectivity index (χ2n) is 6.43. The van der Waals surface area contributed by atoms with Crippen molar-refractivity contribution in [2.45, 2.75) is 32.8 Å². The van der Waals surface area contributed by atoms with Gasteiger partial charge in [0, 0.05) is 39.3 Å². The zero-order chi connectivity index (χ0) is 17.1. The molecule has 0 saturated carbocycles. The summed E-state index contributed by atoms with van der Waals surface area (Å²) in [4.78, 5) is 18.1. The molecule has 24 heavy (non-hydrogen) atoms. The molecule has 1 rings (SSSR count). The van der Waals surface area contributed by atoms with E-state index in [4.69, 9.17) is 15.2 Å². The normalized spacial score (nSPS) is 16.2. The van der Waals surface area contributed by atoms with Crippen LogP contribution in [0.5, 0.6) is 0 Å². The molecule has 4 N–H and O–H groups in total. The molecule has 8 nitrogen and oxygen atoms in total. The van der Waals surface area contributed by atoms with Crippen molar-refractivity contribution in [2.75, 3.05) is 52.5 Å². The van der Waals surface area contributed by atoms with Crippen LogP contribution in [0.25, 0.3) is 0 Å². The van der Waals surface area contributed by atoms with Gasteiger partial charge >= 0.3 is 6.09 Å². The Morgan fingerprint density at radius 3 is 2.50 bits per heavy atom. The van der Waals surface area contributed by atoms with E-state index < -0.39 is 11.7 Å². The molecular weight excluding hydrogens is 425 g/mol. The number of carbonyl (C=O) groups is 1. The minimum atomic E-state index is -0.488. The van der Waals surface area contributed by atoms with Gasteiger partial charge in [0.05, 0.1) is 13.2 Å². The highest BCUT2D eigenvalue weighted by Gasteiger charge is 2.15. The number of nitrogens with two attached hydrogens (primary N) is 1. The number of hydrogen-bond donors (Lipinski definition) is 3. The number of carbonyl (C=O) groups excluding carboxylic acids is 1. The van der Waals surface area contributed by atoms with Crippen LogP contribution in [0.4, 0.5) is 4.79 Å². The Labute approximate surface area is 161 Å². The smallest absolute Gasteiger partial charge is 0.407 e. The third kappa shape index (κ3) is 12.6. The summed E-state index contributed by atoms with van der Waals surface area (Å²) < 4.78 is 10.4. The van der Waals surface area contributed by atoms with Crippen molar-refractivity contribution in [1.29, 1.82) is 0 Å². The molecule has 0 bridgehead atoms. The van der Waals surface area contributed by atoms with Gasteiger partial charge in [-0.2, -0.15) is 0 Å². The first-order valence-corrected chi connectivity index (χ1v) is 8.17. The van der Waals surface area contributed by atoms with E-state index in [0.29, 0.717) is 25.6 Å². The number of morpholine rings is 1. The molecule has 0 aromatic heterocycles. The van der Waals surface area contributed by atoms with Gasteiger partial charge in [-0.3, -0.25) is 9.89 Å². The number of ether oxygens (including phenoxy) is 2. The quantitative estimate of drug-likeness (QED) is 0.226. The van der Waals surface area contributed by atoms with Crippen molar-refractivity contribution in [3.8, 4) is 0 Å². The third-order valence-electron chi connectivity index (χ3n) is 3.12. The van der Waals surface area contributed by atoms with Crippen LogP contribution in [0.1, 0.15) is 27.2 Å². The van der Waals surface area contributed by atoms with E-state index in [1.807, 2.05) is 20.8 Å². The second-order valence-corrected chi connectivity index (χ2v) is 6.43. The first kappa shape index (κ1) is 23.2. The number of hydrogen-bond acceptors (Lipinski definition) is 5. The van der Waals surface area contributed by atoms with Gasteiger partial charge in [-0.1, -0.05) is 0 Å². The first-order valence-electron chi connectivity index (χ1n) is 8.17. The van der Waals surface area contributed by atoms with E-state index in [1.165, 1.54) is 0 Å². The maximum Gasteiger partial charge on any atom is 0.407 e. The first-order chi connectivity index (χ1) is 10.9. The Bertz CT molecular complexity index is 382. The predicted octanol–water partition coefficient (Wildman–Crippen LogP) is 0.756. The zero-order valence-corrected chi connectivity index (χ0v) is 17.3. The van der Waals surface area contributed by atoms with Crippen LogP contribution in [0.15, 0.2) is 4.99 Å². The van der Waals surface area contributed by atoms with Gasteiger partial charge < -0.3 is 25.8 Å². The molecule has 1 aliphatic heterocycles. The summed E-state index contributed by atoms with van der Waals surface area (Å²) in [6.07, 6.45) is 0.541. The zero-order valence-electron chi connectivity index (χ0n) is 15.0. The van der Waals surface area contributed by atoms with Gasteiger partial charge in [-0.25, -0.2) is 4.79 Å². The Kier molecular flexibility index (Phi) is 12.1. The van der Waals surface area contributed by atoms with Crippen LogP contribution in [0.3, 0.4) is 0 Å². The molecule has 1 fully saturated rings. The molecule has 0 unspecified atom stereocenters. The number of nitrogens with zero attached hydrogens (tertiary/aromatic N) is 2. The van der Waals surface area contributed by atoms with Crippen molar-refractivity contribution < 1.29 is 14.3 Å². The maximum atomic E-state index is 11.4. The van der Waals surface area contributed by atoms with E-state index in [9.17, 15) is 4.79 Å². The molecule has 0 atom stereocenters. The SMILES string of the molecule is CC(C)(C)OC(=O)NCCNC(N)=NCCCN1CCOCC1.I. The van der Waals surface area contributed by atoms with Crippen LogP contribution in [-0.4, -0.2) is 75.0 Å². The predicted molar refractivity (Wildman–Crippen MR) is 106 cm³/mol. The van der Waals surface area contributed by atoms with Crippen LogP contribution in [0, 0.1) is 0 Å². The summed E-state index contributed by atoms with van der Waals surface area (Å²) in [5, 5.41) is 5.62. The molecule has 1 aliphatic rings. The van der Waals surface area contributed by atoms with Crippen LogP contribution >= 0.6 is 24.0 Å². The van der Waals surface area contributed by atoms with Crippen molar-refractivity contribution in [3.63, 3.8) is 0 Å². The van der Waals surface area contributed by atoms with E-state index in [-0.39, 0.29) is 24.0 Å². The fourth-order valence-electron chi connectivity index (χ4n) is 2.04. The summed E-state index contributed by atoms with van der Waals surface area (Å²) in [5.41, 5.74) is 5.29. The molecule has 0 aliphatic carbocycles. The fourth-order valence-corrected chi connectivity index (χ4v) is 2.04. The number of nitrogens with one attached hydrogen (secondary N) is 2. The molecule has 9 heteroatoms. The van der Waals surface area contributed by atoms with E-state index in [1.54, 1.807) is 0 Å². The maximum absolute atomic E-state index is 11.4. The highest BCUT2D eigenvalue weighted by Crippen LogP contribution is 2.05. The lowest BCUT2D eigenvalue weighted by Crippen LogP contribution is -2.40. The van der Waals surface area contributed by atoms with E-state index >= 15 is 0 Å². The average molecular weight is 457 g/mol. The minimum Gasteiger partial charge on any atom is -0.444 e. The summed E-state index contributed by atoms with van der Waals surface area (Å²) in [6, 6.07) is 0. The molecule has 1 heterocycles. The van der Waals surface area contributed by atoms with Gasteiger partial charge in [0.15, 0.2) is 5.96 Å². The van der Waals surface area contributed by atoms with Gasteiger partial charge in [0.1, 0.15) is 5.60 Å². The number of aliphatic imine (C=N–C) groups is 1. The lowest BCUT2D eigenvalue weighted by Gasteiger charge is -2.26. The van der Waals surface area contributed by atoms with Crippen LogP contribution in [0.2, 0.25) is 0 Å².